The second-order valence-corrected chi connectivity index (χ2v) is 7.00. The van der Waals surface area contributed by atoms with Crippen LogP contribution in [0.2, 0.25) is 0 Å². The molecule has 0 saturated heterocycles. The second kappa shape index (κ2) is 9.22. The monoisotopic (exact) mass is 403 g/mol. The van der Waals surface area contributed by atoms with Crippen LogP contribution in [-0.2, 0) is 4.74 Å². The summed E-state index contributed by atoms with van der Waals surface area (Å²) in [6.07, 6.45) is 1.64. The van der Waals surface area contributed by atoms with Gasteiger partial charge in [-0.05, 0) is 70.2 Å². The van der Waals surface area contributed by atoms with Crippen LogP contribution in [0, 0.1) is 20.8 Å². The number of ether oxygens (including phenoxy) is 1. The van der Waals surface area contributed by atoms with Crippen molar-refractivity contribution in [2.24, 2.45) is 5.10 Å². The minimum Gasteiger partial charge on any atom is -0.462 e. The van der Waals surface area contributed by atoms with Crippen molar-refractivity contribution in [2.45, 2.75) is 27.7 Å². The van der Waals surface area contributed by atoms with E-state index in [1.165, 1.54) is 0 Å². The lowest BCUT2D eigenvalue weighted by molar-refractivity contribution is 0.0526. The Bertz CT molecular complexity index is 1100. The molecule has 0 aliphatic heterocycles. The highest BCUT2D eigenvalue weighted by Crippen LogP contribution is 2.20. The van der Waals surface area contributed by atoms with Crippen LogP contribution >= 0.6 is 0 Å². The molecule has 1 heterocycles. The summed E-state index contributed by atoms with van der Waals surface area (Å²) in [6, 6.07) is 16.6. The SMILES string of the molecule is CCOC(=O)c1ccc(-n2c(C)cc(/C=N\NC(=O)c3cccc(C)c3)c2C)cc1. The molecule has 0 fully saturated rings. The quantitative estimate of drug-likeness (QED) is 0.378. The highest BCUT2D eigenvalue weighted by molar-refractivity contribution is 5.95. The molecular formula is C24H25N3O3. The molecule has 0 aliphatic rings. The molecule has 2 aromatic carbocycles. The number of nitrogens with zero attached hydrogens (tertiary/aromatic N) is 2. The maximum atomic E-state index is 12.2. The van der Waals surface area contributed by atoms with Crippen molar-refractivity contribution in [1.82, 2.24) is 9.99 Å². The summed E-state index contributed by atoms with van der Waals surface area (Å²) in [5.41, 5.74) is 8.50. The summed E-state index contributed by atoms with van der Waals surface area (Å²) >= 11 is 0. The van der Waals surface area contributed by atoms with Gasteiger partial charge in [-0.25, -0.2) is 10.2 Å². The van der Waals surface area contributed by atoms with Gasteiger partial charge in [0.25, 0.3) is 5.91 Å². The fourth-order valence-electron chi connectivity index (χ4n) is 3.29. The first-order valence-corrected chi connectivity index (χ1v) is 9.77. The summed E-state index contributed by atoms with van der Waals surface area (Å²) in [6.45, 7) is 8.05. The molecule has 0 unspecified atom stereocenters. The fourth-order valence-corrected chi connectivity index (χ4v) is 3.29. The van der Waals surface area contributed by atoms with Gasteiger partial charge in [0, 0.05) is 28.2 Å². The third kappa shape index (κ3) is 4.66. The van der Waals surface area contributed by atoms with E-state index in [9.17, 15) is 9.59 Å². The minimum atomic E-state index is -0.331. The highest BCUT2D eigenvalue weighted by atomic mass is 16.5. The van der Waals surface area contributed by atoms with Gasteiger partial charge in [-0.1, -0.05) is 17.7 Å². The van der Waals surface area contributed by atoms with Crippen LogP contribution in [0.1, 0.15) is 50.2 Å². The molecule has 3 aromatic rings. The van der Waals surface area contributed by atoms with Crippen molar-refractivity contribution in [3.8, 4) is 5.69 Å². The van der Waals surface area contributed by atoms with Gasteiger partial charge in [-0.15, -0.1) is 0 Å². The number of hydrazone groups is 1. The van der Waals surface area contributed by atoms with E-state index in [0.29, 0.717) is 17.7 Å². The van der Waals surface area contributed by atoms with Crippen LogP contribution < -0.4 is 5.43 Å². The summed E-state index contributed by atoms with van der Waals surface area (Å²) in [4.78, 5) is 24.1. The Kier molecular flexibility index (Phi) is 6.47. The molecule has 154 valence electrons. The van der Waals surface area contributed by atoms with Gasteiger partial charge >= 0.3 is 5.97 Å². The second-order valence-electron chi connectivity index (χ2n) is 7.00. The number of benzene rings is 2. The third-order valence-electron chi connectivity index (χ3n) is 4.76. The number of esters is 1. The minimum absolute atomic E-state index is 0.252. The number of aromatic nitrogens is 1. The van der Waals surface area contributed by atoms with E-state index in [1.54, 1.807) is 31.3 Å². The number of hydrogen-bond donors (Lipinski definition) is 1. The molecular weight excluding hydrogens is 378 g/mol. The van der Waals surface area contributed by atoms with Gasteiger partial charge in [0.2, 0.25) is 0 Å². The zero-order chi connectivity index (χ0) is 21.7. The Labute approximate surface area is 176 Å². The number of aryl methyl sites for hydroxylation is 2. The van der Waals surface area contributed by atoms with Crippen molar-refractivity contribution in [3.05, 3.63) is 88.2 Å². The average Bonchev–Trinajstić information content (AvgIpc) is 3.01. The summed E-state index contributed by atoms with van der Waals surface area (Å²) < 4.78 is 7.10. The fraction of sp³-hybridized carbons (Fsp3) is 0.208. The maximum absolute atomic E-state index is 12.2. The van der Waals surface area contributed by atoms with Crippen LogP contribution in [0.15, 0.2) is 59.7 Å². The molecule has 6 heteroatoms. The normalized spacial score (nSPS) is 10.9. The van der Waals surface area contributed by atoms with E-state index < -0.39 is 0 Å². The van der Waals surface area contributed by atoms with E-state index in [0.717, 1.165) is 28.2 Å². The van der Waals surface area contributed by atoms with Crippen LogP contribution in [0.4, 0.5) is 0 Å². The molecule has 1 aromatic heterocycles. The molecule has 1 amide bonds. The predicted molar refractivity (Wildman–Crippen MR) is 117 cm³/mol. The molecule has 6 nitrogen and oxygen atoms in total. The van der Waals surface area contributed by atoms with Crippen LogP contribution in [-0.4, -0.2) is 29.3 Å². The molecule has 0 aliphatic carbocycles. The molecule has 0 bridgehead atoms. The zero-order valence-corrected chi connectivity index (χ0v) is 17.6. The number of carbonyl (C=O) groups excluding carboxylic acids is 2. The summed E-state index contributed by atoms with van der Waals surface area (Å²) in [5, 5.41) is 4.12. The van der Waals surface area contributed by atoms with E-state index >= 15 is 0 Å². The van der Waals surface area contributed by atoms with Crippen molar-refractivity contribution < 1.29 is 14.3 Å². The number of nitrogens with one attached hydrogen (secondary N) is 1. The first-order valence-electron chi connectivity index (χ1n) is 9.77. The first kappa shape index (κ1) is 21.0. The van der Waals surface area contributed by atoms with Crippen molar-refractivity contribution in [1.29, 1.82) is 0 Å². The van der Waals surface area contributed by atoms with E-state index in [4.69, 9.17) is 4.74 Å². The molecule has 0 spiro atoms. The van der Waals surface area contributed by atoms with Gasteiger partial charge in [0.15, 0.2) is 0 Å². The highest BCUT2D eigenvalue weighted by Gasteiger charge is 2.12. The maximum Gasteiger partial charge on any atom is 0.338 e. The number of carbonyl (C=O) groups is 2. The Morgan fingerprint density at radius 1 is 1.03 bits per heavy atom. The van der Waals surface area contributed by atoms with Gasteiger partial charge < -0.3 is 9.30 Å². The predicted octanol–water partition coefficient (Wildman–Crippen LogP) is 4.34. The van der Waals surface area contributed by atoms with Gasteiger partial charge in [-0.2, -0.15) is 5.10 Å². The Morgan fingerprint density at radius 3 is 2.43 bits per heavy atom. The first-order chi connectivity index (χ1) is 14.4. The van der Waals surface area contributed by atoms with E-state index in [-0.39, 0.29) is 11.9 Å². The van der Waals surface area contributed by atoms with Crippen molar-refractivity contribution >= 4 is 18.1 Å². The largest absolute Gasteiger partial charge is 0.462 e. The van der Waals surface area contributed by atoms with E-state index in [1.807, 2.05) is 57.2 Å². The van der Waals surface area contributed by atoms with Gasteiger partial charge in [0.1, 0.15) is 0 Å². The van der Waals surface area contributed by atoms with Crippen LogP contribution in [0.3, 0.4) is 0 Å². The lowest BCUT2D eigenvalue weighted by Gasteiger charge is -2.10. The third-order valence-corrected chi connectivity index (χ3v) is 4.76. The van der Waals surface area contributed by atoms with Gasteiger partial charge in [-0.3, -0.25) is 4.79 Å². The summed E-state index contributed by atoms with van der Waals surface area (Å²) in [5.74, 6) is -0.583. The Hall–Kier alpha value is -3.67. The van der Waals surface area contributed by atoms with Gasteiger partial charge in [0.05, 0.1) is 18.4 Å². The Balaban J connectivity index is 1.76. The average molecular weight is 403 g/mol. The molecule has 0 saturated carbocycles. The molecule has 0 atom stereocenters. The van der Waals surface area contributed by atoms with Crippen molar-refractivity contribution in [3.63, 3.8) is 0 Å². The standard InChI is InChI=1S/C24H25N3O3/c1-5-30-24(29)19-9-11-22(12-10-19)27-17(3)14-21(18(27)4)15-25-26-23(28)20-8-6-7-16(2)13-20/h6-15H,5H2,1-4H3,(H,26,28)/b25-15-. The number of hydrogen-bond acceptors (Lipinski definition) is 4. The molecule has 3 rings (SSSR count). The van der Waals surface area contributed by atoms with Crippen LogP contribution in [0.5, 0.6) is 0 Å². The Morgan fingerprint density at radius 2 is 1.77 bits per heavy atom. The molecule has 0 radical (unpaired) electrons. The van der Waals surface area contributed by atoms with E-state index in [2.05, 4.69) is 15.1 Å². The molecule has 30 heavy (non-hydrogen) atoms. The lowest BCUT2D eigenvalue weighted by Crippen LogP contribution is -2.17. The summed E-state index contributed by atoms with van der Waals surface area (Å²) in [7, 11) is 0. The smallest absolute Gasteiger partial charge is 0.338 e. The molecule has 1 N–H and O–H groups in total. The van der Waals surface area contributed by atoms with Crippen molar-refractivity contribution in [2.75, 3.05) is 6.61 Å². The zero-order valence-electron chi connectivity index (χ0n) is 17.6. The number of amides is 1. The topological polar surface area (TPSA) is 72.7 Å². The lowest BCUT2D eigenvalue weighted by atomic mass is 10.1. The number of rotatable bonds is 6. The van der Waals surface area contributed by atoms with Crippen LogP contribution in [0.25, 0.3) is 5.69 Å².